The Morgan fingerprint density at radius 2 is 1.79 bits per heavy atom. The van der Waals surface area contributed by atoms with Gasteiger partial charge in [0.15, 0.2) is 5.69 Å². The van der Waals surface area contributed by atoms with Gasteiger partial charge in [0, 0.05) is 11.0 Å². The van der Waals surface area contributed by atoms with Crippen LogP contribution in [0, 0.1) is 0 Å². The molecule has 0 fully saturated rings. The summed E-state index contributed by atoms with van der Waals surface area (Å²) in [6.45, 7) is 3.04. The lowest BCUT2D eigenvalue weighted by Crippen LogP contribution is -2.35. The summed E-state index contributed by atoms with van der Waals surface area (Å²) in [6, 6.07) is 7.41. The molecular formula is C16H16BrN3O4. The Morgan fingerprint density at radius 3 is 2.33 bits per heavy atom. The summed E-state index contributed by atoms with van der Waals surface area (Å²) in [7, 11) is 0. The number of ether oxygens (including phenoxy) is 1. The summed E-state index contributed by atoms with van der Waals surface area (Å²) in [4.78, 5) is 32.2. The zero-order valence-electron chi connectivity index (χ0n) is 13.0. The summed E-state index contributed by atoms with van der Waals surface area (Å²) >= 11 is 3.35. The molecule has 24 heavy (non-hydrogen) atoms. The molecule has 0 aliphatic rings. The van der Waals surface area contributed by atoms with Crippen LogP contribution in [0.5, 0.6) is 5.75 Å². The summed E-state index contributed by atoms with van der Waals surface area (Å²) < 4.78 is 6.56. The van der Waals surface area contributed by atoms with Gasteiger partial charge in [-0.05, 0) is 31.2 Å². The van der Waals surface area contributed by atoms with Crippen molar-refractivity contribution in [3.63, 3.8) is 0 Å². The maximum absolute atomic E-state index is 12.4. The van der Waals surface area contributed by atoms with Crippen LogP contribution in [0.3, 0.4) is 0 Å². The highest BCUT2D eigenvalue weighted by Gasteiger charge is 2.17. The number of aromatic carboxylic acids is 1. The Kier molecular flexibility index (Phi) is 6.25. The van der Waals surface area contributed by atoms with Crippen molar-refractivity contribution in [1.82, 2.24) is 14.9 Å². The van der Waals surface area contributed by atoms with Crippen molar-refractivity contribution < 1.29 is 19.4 Å². The van der Waals surface area contributed by atoms with Crippen LogP contribution in [-0.2, 0) is 0 Å². The number of hydrogen-bond acceptors (Lipinski definition) is 5. The van der Waals surface area contributed by atoms with E-state index in [0.717, 1.165) is 10.7 Å². The molecular weight excluding hydrogens is 378 g/mol. The van der Waals surface area contributed by atoms with Crippen LogP contribution in [0.2, 0.25) is 0 Å². The number of benzene rings is 1. The average Bonchev–Trinajstić information content (AvgIpc) is 2.60. The second-order valence-electron chi connectivity index (χ2n) is 4.78. The Labute approximate surface area is 147 Å². The first kappa shape index (κ1) is 17.9. The molecule has 1 amide bonds. The van der Waals surface area contributed by atoms with E-state index in [9.17, 15) is 9.59 Å². The molecule has 1 heterocycles. The second kappa shape index (κ2) is 8.39. The van der Waals surface area contributed by atoms with E-state index < -0.39 is 5.97 Å². The summed E-state index contributed by atoms with van der Waals surface area (Å²) in [5.74, 6) is -0.787. The number of nitrogens with zero attached hydrogens (tertiary/aromatic N) is 3. The van der Waals surface area contributed by atoms with Crippen molar-refractivity contribution >= 4 is 27.8 Å². The van der Waals surface area contributed by atoms with Crippen LogP contribution in [0.4, 0.5) is 0 Å². The fourth-order valence-corrected chi connectivity index (χ4v) is 2.18. The predicted molar refractivity (Wildman–Crippen MR) is 90.2 cm³/mol. The van der Waals surface area contributed by atoms with Gasteiger partial charge in [0.25, 0.3) is 5.91 Å². The van der Waals surface area contributed by atoms with E-state index in [1.54, 1.807) is 4.90 Å². The maximum Gasteiger partial charge on any atom is 0.356 e. The maximum atomic E-state index is 12.4. The van der Waals surface area contributed by atoms with E-state index in [0.29, 0.717) is 25.4 Å². The molecule has 1 aromatic heterocycles. The van der Waals surface area contributed by atoms with Crippen molar-refractivity contribution in [1.29, 1.82) is 0 Å². The van der Waals surface area contributed by atoms with E-state index in [2.05, 4.69) is 25.9 Å². The monoisotopic (exact) mass is 393 g/mol. The Bertz CT molecular complexity index is 704. The highest BCUT2D eigenvalue weighted by Crippen LogP contribution is 2.16. The van der Waals surface area contributed by atoms with Crippen molar-refractivity contribution in [3.8, 4) is 5.75 Å². The highest BCUT2D eigenvalue weighted by atomic mass is 79.9. The zero-order valence-corrected chi connectivity index (χ0v) is 14.6. The van der Waals surface area contributed by atoms with E-state index >= 15 is 0 Å². The number of aromatic nitrogens is 2. The van der Waals surface area contributed by atoms with Crippen LogP contribution in [0.15, 0.2) is 41.1 Å². The zero-order chi connectivity index (χ0) is 17.5. The van der Waals surface area contributed by atoms with E-state index in [1.807, 2.05) is 31.2 Å². The standard InChI is InChI=1S/C16H16BrN3O4/c1-2-20(7-8-24-12-5-3-11(17)4-6-12)15(21)13-9-19-14(10-18-13)16(22)23/h3-6,9-10H,2,7-8H2,1H3,(H,22,23). The number of carboxylic acid groups (broad SMARTS) is 1. The highest BCUT2D eigenvalue weighted by molar-refractivity contribution is 9.10. The van der Waals surface area contributed by atoms with Gasteiger partial charge in [-0.2, -0.15) is 0 Å². The molecule has 126 valence electrons. The minimum absolute atomic E-state index is 0.102. The Balaban J connectivity index is 1.93. The van der Waals surface area contributed by atoms with Crippen LogP contribution >= 0.6 is 15.9 Å². The summed E-state index contributed by atoms with van der Waals surface area (Å²) in [5.41, 5.74) is -0.0985. The van der Waals surface area contributed by atoms with Crippen molar-refractivity contribution in [2.24, 2.45) is 0 Å². The minimum Gasteiger partial charge on any atom is -0.492 e. The van der Waals surface area contributed by atoms with Gasteiger partial charge >= 0.3 is 5.97 Å². The lowest BCUT2D eigenvalue weighted by atomic mass is 10.3. The predicted octanol–water partition coefficient (Wildman–Crippen LogP) is 2.48. The second-order valence-corrected chi connectivity index (χ2v) is 5.69. The van der Waals surface area contributed by atoms with E-state index in [4.69, 9.17) is 9.84 Å². The molecule has 0 saturated heterocycles. The van der Waals surface area contributed by atoms with Gasteiger partial charge in [-0.25, -0.2) is 14.8 Å². The van der Waals surface area contributed by atoms with Gasteiger partial charge in [0.05, 0.1) is 18.9 Å². The van der Waals surface area contributed by atoms with E-state index in [-0.39, 0.29) is 17.3 Å². The molecule has 1 N–H and O–H groups in total. The van der Waals surface area contributed by atoms with Crippen LogP contribution in [0.25, 0.3) is 0 Å². The molecule has 0 saturated carbocycles. The molecule has 2 rings (SSSR count). The third-order valence-corrected chi connectivity index (χ3v) is 3.73. The van der Waals surface area contributed by atoms with Gasteiger partial charge in [-0.1, -0.05) is 15.9 Å². The molecule has 0 unspecified atom stereocenters. The van der Waals surface area contributed by atoms with Gasteiger partial charge < -0.3 is 14.7 Å². The van der Waals surface area contributed by atoms with Crippen molar-refractivity contribution in [2.45, 2.75) is 6.92 Å². The van der Waals surface area contributed by atoms with Crippen LogP contribution < -0.4 is 4.74 Å². The number of amides is 1. The first-order chi connectivity index (χ1) is 11.5. The Hall–Kier alpha value is -2.48. The average molecular weight is 394 g/mol. The van der Waals surface area contributed by atoms with Gasteiger partial charge in [0.2, 0.25) is 0 Å². The molecule has 0 spiro atoms. The number of hydrogen-bond donors (Lipinski definition) is 1. The number of likely N-dealkylation sites (N-methyl/N-ethyl adjacent to an activating group) is 1. The fraction of sp³-hybridized carbons (Fsp3) is 0.250. The lowest BCUT2D eigenvalue weighted by Gasteiger charge is -2.20. The molecule has 0 aliphatic carbocycles. The first-order valence-electron chi connectivity index (χ1n) is 7.24. The lowest BCUT2D eigenvalue weighted by molar-refractivity contribution is 0.0684. The first-order valence-corrected chi connectivity index (χ1v) is 8.03. The molecule has 0 aliphatic heterocycles. The molecule has 7 nitrogen and oxygen atoms in total. The summed E-state index contributed by atoms with van der Waals surface area (Å²) in [5, 5.41) is 8.79. The minimum atomic E-state index is -1.18. The van der Waals surface area contributed by atoms with Crippen molar-refractivity contribution in [3.05, 3.63) is 52.5 Å². The Morgan fingerprint density at radius 1 is 1.17 bits per heavy atom. The summed E-state index contributed by atoms with van der Waals surface area (Å²) in [6.07, 6.45) is 2.24. The topological polar surface area (TPSA) is 92.6 Å². The van der Waals surface area contributed by atoms with Gasteiger partial charge in [0.1, 0.15) is 18.1 Å². The molecule has 1 aromatic carbocycles. The molecule has 8 heteroatoms. The largest absolute Gasteiger partial charge is 0.492 e. The van der Waals surface area contributed by atoms with Gasteiger partial charge in [-0.3, -0.25) is 4.79 Å². The van der Waals surface area contributed by atoms with E-state index in [1.165, 1.54) is 6.20 Å². The smallest absolute Gasteiger partial charge is 0.356 e. The normalized spacial score (nSPS) is 10.2. The molecule has 0 radical (unpaired) electrons. The molecule has 0 bridgehead atoms. The number of carbonyl (C=O) groups excluding carboxylic acids is 1. The molecule has 2 aromatic rings. The number of halogens is 1. The van der Waals surface area contributed by atoms with Crippen LogP contribution in [-0.4, -0.2) is 51.5 Å². The number of carboxylic acids is 1. The number of carbonyl (C=O) groups is 2. The number of rotatable bonds is 7. The quantitative estimate of drug-likeness (QED) is 0.776. The van der Waals surface area contributed by atoms with Gasteiger partial charge in [-0.15, -0.1) is 0 Å². The SMILES string of the molecule is CCN(CCOc1ccc(Br)cc1)C(=O)c1cnc(C(=O)O)cn1. The third kappa shape index (κ3) is 4.76. The van der Waals surface area contributed by atoms with Crippen LogP contribution in [0.1, 0.15) is 27.9 Å². The molecule has 0 atom stereocenters. The fourth-order valence-electron chi connectivity index (χ4n) is 1.92. The third-order valence-electron chi connectivity index (χ3n) is 3.20. The van der Waals surface area contributed by atoms with Crippen molar-refractivity contribution in [2.75, 3.05) is 19.7 Å².